The van der Waals surface area contributed by atoms with Crippen molar-refractivity contribution >= 4 is 23.9 Å². The summed E-state index contributed by atoms with van der Waals surface area (Å²) >= 11 is 0. The van der Waals surface area contributed by atoms with Crippen molar-refractivity contribution in [1.82, 2.24) is 10.1 Å². The highest BCUT2D eigenvalue weighted by molar-refractivity contribution is 6.20. The third-order valence-electron chi connectivity index (χ3n) is 3.65. The number of hydrogen-bond donors (Lipinski definition) is 0. The third-order valence-corrected chi connectivity index (χ3v) is 3.65. The van der Waals surface area contributed by atoms with Gasteiger partial charge in [0.1, 0.15) is 5.60 Å². The molecule has 9 heteroatoms. The summed E-state index contributed by atoms with van der Waals surface area (Å²) in [5, 5.41) is 1.33. The first-order valence-corrected chi connectivity index (χ1v) is 8.04. The molecule has 2 heterocycles. The molecule has 1 saturated heterocycles. The van der Waals surface area contributed by atoms with Crippen LogP contribution in [-0.4, -0.2) is 52.3 Å². The Balaban J connectivity index is 1.61. The number of amides is 3. The molecule has 0 bridgehead atoms. The zero-order valence-corrected chi connectivity index (χ0v) is 14.6. The van der Waals surface area contributed by atoms with Crippen LogP contribution in [0.3, 0.4) is 0 Å². The van der Waals surface area contributed by atoms with Gasteiger partial charge in [-0.25, -0.2) is 9.59 Å². The first kappa shape index (κ1) is 17.9. The Hall–Kier alpha value is -2.94. The Morgan fingerprint density at radius 3 is 2.23 bits per heavy atom. The van der Waals surface area contributed by atoms with Crippen LogP contribution in [0.2, 0.25) is 0 Å². The monoisotopic (exact) mass is 362 g/mol. The summed E-state index contributed by atoms with van der Waals surface area (Å²) in [5.74, 6) is -2.38. The van der Waals surface area contributed by atoms with Crippen LogP contribution in [0.25, 0.3) is 0 Å². The van der Waals surface area contributed by atoms with Crippen molar-refractivity contribution in [2.75, 3.05) is 6.54 Å². The van der Waals surface area contributed by atoms with Gasteiger partial charge in [-0.1, -0.05) is 17.2 Å². The predicted molar refractivity (Wildman–Crippen MR) is 85.5 cm³/mol. The second-order valence-electron chi connectivity index (χ2n) is 6.83. The second-order valence-corrected chi connectivity index (χ2v) is 6.83. The summed E-state index contributed by atoms with van der Waals surface area (Å²) in [7, 11) is 0. The molecule has 1 aromatic carbocycles. The molecule has 0 radical (unpaired) electrons. The molecule has 0 saturated carbocycles. The van der Waals surface area contributed by atoms with Gasteiger partial charge in [-0.15, -0.1) is 0 Å². The highest BCUT2D eigenvalue weighted by atomic mass is 16.8. The Kier molecular flexibility index (Phi) is 4.41. The molecule has 2 aliphatic heterocycles. The number of hydrogen-bond acceptors (Lipinski definition) is 7. The molecular formula is C17H18N2O7. The highest BCUT2D eigenvalue weighted by Gasteiger charge is 2.42. The predicted octanol–water partition coefficient (Wildman–Crippen LogP) is 1.68. The Morgan fingerprint density at radius 2 is 1.69 bits per heavy atom. The molecule has 1 aromatic rings. The van der Waals surface area contributed by atoms with Crippen LogP contribution >= 0.6 is 0 Å². The number of imide groups is 1. The average Bonchev–Trinajstić information content (AvgIpc) is 3.14. The highest BCUT2D eigenvalue weighted by Crippen LogP contribution is 2.24. The molecule has 138 valence electrons. The fraction of sp³-hybridized carbons (Fsp3) is 0.412. The molecule has 0 aliphatic carbocycles. The molecular weight excluding hydrogens is 344 g/mol. The van der Waals surface area contributed by atoms with Crippen LogP contribution < -0.4 is 0 Å². The standard InChI is InChI=1S/C17H18N2O7/c1-17(2,3)24-16(23)18-9-8-12(25-18)15(22)26-19-13(20)10-6-4-5-7-11(10)14(19)21/h4-7,12H,8-9H2,1-3H3. The summed E-state index contributed by atoms with van der Waals surface area (Å²) in [6.45, 7) is 5.23. The number of ether oxygens (including phenoxy) is 1. The smallest absolute Gasteiger partial charge is 0.434 e. The van der Waals surface area contributed by atoms with E-state index in [1.54, 1.807) is 32.9 Å². The minimum Gasteiger partial charge on any atom is -0.442 e. The lowest BCUT2D eigenvalue weighted by Crippen LogP contribution is -2.38. The van der Waals surface area contributed by atoms with Crippen molar-refractivity contribution in [1.29, 1.82) is 0 Å². The number of carbonyl (C=O) groups is 4. The number of hydroxylamine groups is 4. The minimum absolute atomic E-state index is 0.122. The fourth-order valence-electron chi connectivity index (χ4n) is 2.50. The van der Waals surface area contributed by atoms with Crippen LogP contribution in [0.1, 0.15) is 47.9 Å². The van der Waals surface area contributed by atoms with E-state index >= 15 is 0 Å². The zero-order chi connectivity index (χ0) is 19.1. The van der Waals surface area contributed by atoms with Crippen LogP contribution in [0, 0.1) is 0 Å². The van der Waals surface area contributed by atoms with Gasteiger partial charge in [0.25, 0.3) is 11.8 Å². The Morgan fingerprint density at radius 1 is 1.12 bits per heavy atom. The van der Waals surface area contributed by atoms with Gasteiger partial charge in [-0.2, -0.15) is 5.06 Å². The summed E-state index contributed by atoms with van der Waals surface area (Å²) in [5.41, 5.74) is -0.389. The molecule has 26 heavy (non-hydrogen) atoms. The van der Waals surface area contributed by atoms with Crippen molar-refractivity contribution in [2.45, 2.75) is 38.9 Å². The minimum atomic E-state index is -1.12. The molecule has 1 atom stereocenters. The van der Waals surface area contributed by atoms with Crippen LogP contribution in [0.15, 0.2) is 24.3 Å². The number of rotatable bonds is 2. The molecule has 3 amide bonds. The number of benzene rings is 1. The molecule has 2 aliphatic rings. The Labute approximate surface area is 149 Å². The van der Waals surface area contributed by atoms with Gasteiger partial charge in [0, 0.05) is 6.42 Å². The summed E-state index contributed by atoms with van der Waals surface area (Å²) in [4.78, 5) is 58.7. The van der Waals surface area contributed by atoms with E-state index in [9.17, 15) is 19.2 Å². The van der Waals surface area contributed by atoms with Crippen molar-refractivity contribution in [3.63, 3.8) is 0 Å². The average molecular weight is 362 g/mol. The first-order valence-electron chi connectivity index (χ1n) is 8.04. The normalized spacial score (nSPS) is 19.6. The molecule has 0 N–H and O–H groups in total. The van der Waals surface area contributed by atoms with E-state index in [0.717, 1.165) is 5.06 Å². The van der Waals surface area contributed by atoms with Gasteiger partial charge in [-0.05, 0) is 32.9 Å². The van der Waals surface area contributed by atoms with E-state index in [0.29, 0.717) is 5.06 Å². The Bertz CT molecular complexity index is 749. The van der Waals surface area contributed by atoms with Gasteiger partial charge >= 0.3 is 12.1 Å². The molecule has 0 aromatic heterocycles. The molecule has 1 fully saturated rings. The van der Waals surface area contributed by atoms with Crippen molar-refractivity contribution in [3.8, 4) is 0 Å². The van der Waals surface area contributed by atoms with E-state index < -0.39 is 35.6 Å². The van der Waals surface area contributed by atoms with Crippen LogP contribution in [0.4, 0.5) is 4.79 Å². The maximum atomic E-state index is 12.2. The fourth-order valence-corrected chi connectivity index (χ4v) is 2.50. The van der Waals surface area contributed by atoms with Gasteiger partial charge < -0.3 is 9.57 Å². The van der Waals surface area contributed by atoms with Crippen molar-refractivity contribution in [2.24, 2.45) is 0 Å². The molecule has 3 rings (SSSR count). The topological polar surface area (TPSA) is 102 Å². The lowest BCUT2D eigenvalue weighted by molar-refractivity contribution is -0.196. The molecule has 0 spiro atoms. The van der Waals surface area contributed by atoms with Crippen molar-refractivity contribution < 1.29 is 33.6 Å². The number of carbonyl (C=O) groups excluding carboxylic acids is 4. The molecule has 1 unspecified atom stereocenters. The SMILES string of the molecule is CC(C)(C)OC(=O)N1CCC(C(=O)ON2C(=O)c3ccccc3C2=O)O1. The maximum absolute atomic E-state index is 12.2. The van der Waals surface area contributed by atoms with Crippen molar-refractivity contribution in [3.05, 3.63) is 35.4 Å². The van der Waals surface area contributed by atoms with Crippen LogP contribution in [-0.2, 0) is 19.2 Å². The maximum Gasteiger partial charge on any atom is 0.434 e. The second kappa shape index (κ2) is 6.41. The van der Waals surface area contributed by atoms with Crippen LogP contribution in [0.5, 0.6) is 0 Å². The summed E-state index contributed by atoms with van der Waals surface area (Å²) in [6, 6.07) is 6.15. The largest absolute Gasteiger partial charge is 0.442 e. The van der Waals surface area contributed by atoms with Gasteiger partial charge in [0.2, 0.25) is 0 Å². The first-order chi connectivity index (χ1) is 12.2. The van der Waals surface area contributed by atoms with Gasteiger partial charge in [0.15, 0.2) is 6.10 Å². The van der Waals surface area contributed by atoms with E-state index in [-0.39, 0.29) is 24.1 Å². The van der Waals surface area contributed by atoms with E-state index in [2.05, 4.69) is 0 Å². The summed E-state index contributed by atoms with van der Waals surface area (Å²) in [6.07, 6.45) is -1.69. The quantitative estimate of drug-likeness (QED) is 0.738. The van der Waals surface area contributed by atoms with E-state index in [4.69, 9.17) is 14.4 Å². The molecule has 9 nitrogen and oxygen atoms in total. The number of fused-ring (bicyclic) bond motifs is 1. The number of nitrogens with zero attached hydrogens (tertiary/aromatic N) is 2. The van der Waals surface area contributed by atoms with Gasteiger partial charge in [0.05, 0.1) is 17.7 Å². The third kappa shape index (κ3) is 3.38. The van der Waals surface area contributed by atoms with E-state index in [1.807, 2.05) is 0 Å². The zero-order valence-electron chi connectivity index (χ0n) is 14.6. The van der Waals surface area contributed by atoms with E-state index in [1.165, 1.54) is 12.1 Å². The van der Waals surface area contributed by atoms with Gasteiger partial charge in [-0.3, -0.25) is 14.4 Å². The lowest BCUT2D eigenvalue weighted by atomic mass is 10.1. The lowest BCUT2D eigenvalue weighted by Gasteiger charge is -2.23. The summed E-state index contributed by atoms with van der Waals surface area (Å²) < 4.78 is 5.15.